The lowest BCUT2D eigenvalue weighted by atomic mass is 10.1. The molecule has 1 N–H and O–H groups in total. The summed E-state index contributed by atoms with van der Waals surface area (Å²) in [4.78, 5) is 27.6. The minimum Gasteiger partial charge on any atom is -0.480 e. The molecule has 0 saturated heterocycles. The molecule has 8 nitrogen and oxygen atoms in total. The Morgan fingerprint density at radius 2 is 2.32 bits per heavy atom. The molecule has 0 spiro atoms. The molecule has 112 valence electrons. The van der Waals surface area contributed by atoms with Crippen molar-refractivity contribution >= 4 is 5.97 Å². The van der Waals surface area contributed by atoms with Crippen LogP contribution >= 0.6 is 0 Å². The summed E-state index contributed by atoms with van der Waals surface area (Å²) in [6, 6.07) is 4.34. The number of aryl methyl sites for hydroxylation is 1. The molecule has 2 aromatic heterocycles. The Balaban J connectivity index is 1.94. The van der Waals surface area contributed by atoms with E-state index in [9.17, 15) is 14.7 Å². The lowest BCUT2D eigenvalue weighted by Crippen LogP contribution is -2.34. The highest BCUT2D eigenvalue weighted by Crippen LogP contribution is 2.21. The Morgan fingerprint density at radius 3 is 2.95 bits per heavy atom. The summed E-state index contributed by atoms with van der Waals surface area (Å²) in [5, 5.41) is 22.2. The molecule has 8 heteroatoms. The first-order chi connectivity index (χ1) is 10.6. The quantitative estimate of drug-likeness (QED) is 0.873. The molecule has 0 amide bonds. The number of nitriles is 1. The molecule has 1 aliphatic heterocycles. The molecule has 22 heavy (non-hydrogen) atoms. The number of fused-ring (bicyclic) bond motifs is 1. The van der Waals surface area contributed by atoms with Crippen molar-refractivity contribution in [1.29, 1.82) is 5.26 Å². The van der Waals surface area contributed by atoms with Gasteiger partial charge in [-0.1, -0.05) is 6.07 Å². The van der Waals surface area contributed by atoms with Crippen LogP contribution in [0.1, 0.15) is 36.0 Å². The van der Waals surface area contributed by atoms with Crippen LogP contribution in [0.15, 0.2) is 23.1 Å². The third-order valence-electron chi connectivity index (χ3n) is 3.69. The molecule has 1 aliphatic rings. The highest BCUT2D eigenvalue weighted by atomic mass is 16.4. The summed E-state index contributed by atoms with van der Waals surface area (Å²) in [6.45, 7) is 0.198. The molecule has 0 saturated carbocycles. The van der Waals surface area contributed by atoms with Gasteiger partial charge >= 0.3 is 11.7 Å². The van der Waals surface area contributed by atoms with Crippen molar-refractivity contribution < 1.29 is 9.90 Å². The Bertz CT molecular complexity index is 812. The SMILES string of the molecule is N#Cc1ccc(Cn2nc3n(c2=O)[C@@H](C(=O)O)CCC3)cn1. The Morgan fingerprint density at radius 1 is 1.50 bits per heavy atom. The van der Waals surface area contributed by atoms with E-state index in [0.29, 0.717) is 30.8 Å². The lowest BCUT2D eigenvalue weighted by Gasteiger charge is -2.19. The van der Waals surface area contributed by atoms with E-state index in [1.165, 1.54) is 15.4 Å². The first kappa shape index (κ1) is 14.0. The predicted octanol–water partition coefficient (Wildman–Crippen LogP) is 0.322. The normalized spacial score (nSPS) is 16.8. The zero-order valence-electron chi connectivity index (χ0n) is 11.6. The zero-order chi connectivity index (χ0) is 15.7. The third kappa shape index (κ3) is 2.37. The van der Waals surface area contributed by atoms with Crippen LogP contribution in [0.25, 0.3) is 0 Å². The standard InChI is InChI=1S/C14H13N5O3/c15-6-10-5-4-9(7-16-10)8-18-14(22)19-11(13(20)21)2-1-3-12(19)17-18/h4-5,7,11H,1-3,8H2,(H,20,21)/t11-/m1/s1. The molecule has 3 rings (SSSR count). The highest BCUT2D eigenvalue weighted by Gasteiger charge is 2.30. The van der Waals surface area contributed by atoms with Gasteiger partial charge < -0.3 is 5.11 Å². The van der Waals surface area contributed by atoms with Gasteiger partial charge in [-0.05, 0) is 24.5 Å². The number of carbonyl (C=O) groups is 1. The van der Waals surface area contributed by atoms with Crippen LogP contribution in [-0.2, 0) is 17.8 Å². The number of carboxylic acids is 1. The van der Waals surface area contributed by atoms with Gasteiger partial charge in [-0.3, -0.25) is 4.57 Å². The first-order valence-electron chi connectivity index (χ1n) is 6.86. The molecule has 0 aliphatic carbocycles. The maximum absolute atomic E-state index is 12.4. The number of rotatable bonds is 3. The van der Waals surface area contributed by atoms with E-state index in [2.05, 4.69) is 10.1 Å². The third-order valence-corrected chi connectivity index (χ3v) is 3.69. The molecule has 2 aromatic rings. The fourth-order valence-corrected chi connectivity index (χ4v) is 2.63. The van der Waals surface area contributed by atoms with Crippen LogP contribution in [-0.4, -0.2) is 30.4 Å². The van der Waals surface area contributed by atoms with Gasteiger partial charge in [0.1, 0.15) is 23.6 Å². The first-order valence-corrected chi connectivity index (χ1v) is 6.86. The summed E-state index contributed by atoms with van der Waals surface area (Å²) >= 11 is 0. The fraction of sp³-hybridized carbons (Fsp3) is 0.357. The van der Waals surface area contributed by atoms with Crippen molar-refractivity contribution in [3.8, 4) is 6.07 Å². The lowest BCUT2D eigenvalue weighted by molar-refractivity contribution is -0.141. The number of aromatic nitrogens is 4. The van der Waals surface area contributed by atoms with E-state index < -0.39 is 17.7 Å². The van der Waals surface area contributed by atoms with Crippen molar-refractivity contribution in [2.75, 3.05) is 0 Å². The average Bonchev–Trinajstić information content (AvgIpc) is 2.84. The van der Waals surface area contributed by atoms with Crippen LogP contribution in [0.2, 0.25) is 0 Å². The number of aliphatic carboxylic acids is 1. The predicted molar refractivity (Wildman–Crippen MR) is 74.2 cm³/mol. The van der Waals surface area contributed by atoms with Crippen molar-refractivity contribution in [3.05, 3.63) is 45.9 Å². The second kappa shape index (κ2) is 5.44. The number of nitrogens with zero attached hydrogens (tertiary/aromatic N) is 5. The van der Waals surface area contributed by atoms with Gasteiger partial charge in [0.25, 0.3) is 0 Å². The molecule has 0 aromatic carbocycles. The van der Waals surface area contributed by atoms with Crippen molar-refractivity contribution in [2.45, 2.75) is 31.8 Å². The van der Waals surface area contributed by atoms with E-state index in [1.807, 2.05) is 6.07 Å². The molecule has 3 heterocycles. The number of hydrogen-bond donors (Lipinski definition) is 1. The number of pyridine rings is 1. The average molecular weight is 299 g/mol. The van der Waals surface area contributed by atoms with Crippen molar-refractivity contribution in [3.63, 3.8) is 0 Å². The Hall–Kier alpha value is -2.95. The van der Waals surface area contributed by atoms with E-state index in [1.54, 1.807) is 12.1 Å². The summed E-state index contributed by atoms with van der Waals surface area (Å²) in [5.41, 5.74) is 0.598. The fourth-order valence-electron chi connectivity index (χ4n) is 2.63. The molecule has 0 radical (unpaired) electrons. The molecule has 0 bridgehead atoms. The van der Waals surface area contributed by atoms with E-state index in [0.717, 1.165) is 5.56 Å². The number of hydrogen-bond acceptors (Lipinski definition) is 5. The topological polar surface area (TPSA) is 114 Å². The monoisotopic (exact) mass is 299 g/mol. The van der Waals surface area contributed by atoms with Crippen LogP contribution in [0.5, 0.6) is 0 Å². The second-order valence-electron chi connectivity index (χ2n) is 5.14. The van der Waals surface area contributed by atoms with Gasteiger partial charge in [-0.25, -0.2) is 19.3 Å². The highest BCUT2D eigenvalue weighted by molar-refractivity contribution is 5.72. The van der Waals surface area contributed by atoms with Crippen molar-refractivity contribution in [2.24, 2.45) is 0 Å². The van der Waals surface area contributed by atoms with Crippen molar-refractivity contribution in [1.82, 2.24) is 19.3 Å². The maximum Gasteiger partial charge on any atom is 0.347 e. The van der Waals surface area contributed by atoms with E-state index in [4.69, 9.17) is 5.26 Å². The van der Waals surface area contributed by atoms with Gasteiger partial charge in [0.05, 0.1) is 6.54 Å². The van der Waals surface area contributed by atoms with Crippen LogP contribution in [0.4, 0.5) is 0 Å². The second-order valence-corrected chi connectivity index (χ2v) is 5.14. The van der Waals surface area contributed by atoms with Crippen LogP contribution in [0, 0.1) is 11.3 Å². The zero-order valence-corrected chi connectivity index (χ0v) is 11.6. The van der Waals surface area contributed by atoms with Gasteiger partial charge in [0, 0.05) is 12.6 Å². The summed E-state index contributed by atoms with van der Waals surface area (Å²) < 4.78 is 2.52. The van der Waals surface area contributed by atoms with Gasteiger partial charge in [0.15, 0.2) is 0 Å². The van der Waals surface area contributed by atoms with E-state index in [-0.39, 0.29) is 6.54 Å². The minimum absolute atomic E-state index is 0.198. The van der Waals surface area contributed by atoms with E-state index >= 15 is 0 Å². The Labute approximate surface area is 125 Å². The summed E-state index contributed by atoms with van der Waals surface area (Å²) in [5.74, 6) is -0.507. The van der Waals surface area contributed by atoms with Crippen LogP contribution < -0.4 is 5.69 Å². The molecule has 1 atom stereocenters. The van der Waals surface area contributed by atoms with Gasteiger partial charge in [-0.15, -0.1) is 0 Å². The molecule has 0 fully saturated rings. The minimum atomic E-state index is -1.01. The largest absolute Gasteiger partial charge is 0.480 e. The molecular formula is C14H13N5O3. The summed E-state index contributed by atoms with van der Waals surface area (Å²) in [7, 11) is 0. The van der Waals surface area contributed by atoms with Gasteiger partial charge in [0.2, 0.25) is 0 Å². The molecule has 0 unspecified atom stereocenters. The molecular weight excluding hydrogens is 286 g/mol. The van der Waals surface area contributed by atoms with Gasteiger partial charge in [-0.2, -0.15) is 10.4 Å². The van der Waals surface area contributed by atoms with Crippen LogP contribution in [0.3, 0.4) is 0 Å². The Kier molecular flexibility index (Phi) is 3.47. The number of carboxylic acid groups (broad SMARTS) is 1. The maximum atomic E-state index is 12.4. The smallest absolute Gasteiger partial charge is 0.347 e. The summed E-state index contributed by atoms with van der Waals surface area (Å²) in [6.07, 6.45) is 3.24.